The molecule has 0 bridgehead atoms. The first kappa shape index (κ1) is 84.1. The number of hydrogen-bond donors (Lipinski definition) is 3. The molecule has 3 N–H and O–H groups in total. The highest BCUT2D eigenvalue weighted by molar-refractivity contribution is 7.47. The Hall–Kier alpha value is -1.94. The van der Waals surface area contributed by atoms with Crippen LogP contribution < -0.4 is 0 Å². The summed E-state index contributed by atoms with van der Waals surface area (Å²) in [4.78, 5) is 72.3. The summed E-state index contributed by atoms with van der Waals surface area (Å²) >= 11 is 0. The first-order valence-corrected chi connectivity index (χ1v) is 38.3. The molecule has 0 saturated heterocycles. The number of hydrogen-bond acceptors (Lipinski definition) is 15. The van der Waals surface area contributed by atoms with Crippen molar-refractivity contribution in [2.24, 2.45) is 0 Å². The van der Waals surface area contributed by atoms with Crippen molar-refractivity contribution >= 4 is 39.5 Å². The average Bonchev–Trinajstić information content (AvgIpc) is 3.69. The molecule has 0 aromatic heterocycles. The van der Waals surface area contributed by atoms with Crippen LogP contribution in [0.2, 0.25) is 0 Å². The maximum atomic E-state index is 13.0. The van der Waals surface area contributed by atoms with Crippen molar-refractivity contribution in [2.75, 3.05) is 39.6 Å². The lowest BCUT2D eigenvalue weighted by Crippen LogP contribution is -2.30. The number of aliphatic hydroxyl groups is 1. The van der Waals surface area contributed by atoms with Crippen LogP contribution in [-0.4, -0.2) is 96.7 Å². The molecule has 0 aromatic rings. The van der Waals surface area contributed by atoms with Crippen LogP contribution in [0, 0.1) is 0 Å². The number of aliphatic hydroxyl groups excluding tert-OH is 1. The van der Waals surface area contributed by atoms with Crippen molar-refractivity contribution in [3.8, 4) is 0 Å². The lowest BCUT2D eigenvalue weighted by molar-refractivity contribution is -0.161. The molecular formula is C67H130O17P2. The highest BCUT2D eigenvalue weighted by atomic mass is 31.2. The summed E-state index contributed by atoms with van der Waals surface area (Å²) in [6, 6.07) is 0. The summed E-state index contributed by atoms with van der Waals surface area (Å²) in [5.41, 5.74) is 0. The molecule has 0 aliphatic carbocycles. The standard InChI is InChI=1S/C67H130O17P2/c1-5-9-13-17-21-25-28-30-31-33-35-38-42-46-50-54-67(72)84-63(58-78-65(70)52-48-44-40-37-34-32-29-26-22-18-14-10-6-2)60-82-86(75,76)80-56-61(68)55-79-85(73,74)81-59-62(57-77-64(69)51-47-43-39-24-20-16-12-8-4)83-66(71)53-49-45-41-36-27-23-19-15-11-7-3/h61-63,68H,5-60H2,1-4H3,(H,73,74)(H,75,76)/t61-,62+,63+/m0/s1. The number of esters is 4. The molecule has 510 valence electrons. The van der Waals surface area contributed by atoms with E-state index in [0.29, 0.717) is 25.7 Å². The Morgan fingerprint density at radius 1 is 0.279 bits per heavy atom. The fourth-order valence-corrected chi connectivity index (χ4v) is 11.7. The van der Waals surface area contributed by atoms with Crippen LogP contribution in [0.1, 0.15) is 349 Å². The minimum Gasteiger partial charge on any atom is -0.462 e. The fraction of sp³-hybridized carbons (Fsp3) is 0.940. The molecule has 0 rings (SSSR count). The monoisotopic (exact) mass is 1270 g/mol. The topological polar surface area (TPSA) is 237 Å². The molecule has 19 heteroatoms. The minimum atomic E-state index is -4.95. The molecule has 5 atom stereocenters. The Labute approximate surface area is 524 Å². The van der Waals surface area contributed by atoms with E-state index in [2.05, 4.69) is 27.7 Å². The van der Waals surface area contributed by atoms with Gasteiger partial charge in [0.05, 0.1) is 26.4 Å². The Balaban J connectivity index is 5.21. The van der Waals surface area contributed by atoms with Crippen LogP contribution in [0.3, 0.4) is 0 Å². The first-order valence-electron chi connectivity index (χ1n) is 35.3. The molecule has 0 heterocycles. The van der Waals surface area contributed by atoms with Gasteiger partial charge in [-0.1, -0.05) is 297 Å². The highest BCUT2D eigenvalue weighted by Gasteiger charge is 2.30. The van der Waals surface area contributed by atoms with E-state index < -0.39 is 97.5 Å². The molecule has 0 aliphatic rings. The van der Waals surface area contributed by atoms with Gasteiger partial charge in [0.25, 0.3) is 0 Å². The van der Waals surface area contributed by atoms with Crippen molar-refractivity contribution < 1.29 is 80.2 Å². The van der Waals surface area contributed by atoms with E-state index in [1.54, 1.807) is 0 Å². The maximum absolute atomic E-state index is 13.0. The number of phosphoric ester groups is 2. The average molecular weight is 1270 g/mol. The third-order valence-corrected chi connectivity index (χ3v) is 17.5. The highest BCUT2D eigenvalue weighted by Crippen LogP contribution is 2.45. The molecule has 86 heavy (non-hydrogen) atoms. The van der Waals surface area contributed by atoms with E-state index in [-0.39, 0.29) is 25.7 Å². The van der Waals surface area contributed by atoms with E-state index in [0.717, 1.165) is 96.3 Å². The molecule has 0 radical (unpaired) electrons. The Bertz CT molecular complexity index is 1650. The lowest BCUT2D eigenvalue weighted by Gasteiger charge is -2.21. The Morgan fingerprint density at radius 2 is 0.465 bits per heavy atom. The number of unbranched alkanes of at least 4 members (excludes halogenated alkanes) is 42. The predicted molar refractivity (Wildman–Crippen MR) is 345 cm³/mol. The van der Waals surface area contributed by atoms with Gasteiger partial charge < -0.3 is 33.8 Å². The second-order valence-corrected chi connectivity index (χ2v) is 27.1. The molecule has 0 saturated carbocycles. The molecule has 0 fully saturated rings. The van der Waals surface area contributed by atoms with Crippen molar-refractivity contribution in [1.29, 1.82) is 0 Å². The third kappa shape index (κ3) is 60.9. The second kappa shape index (κ2) is 61.9. The van der Waals surface area contributed by atoms with Gasteiger partial charge in [0.2, 0.25) is 0 Å². The molecule has 0 amide bonds. The normalized spacial score (nSPS) is 14.1. The molecule has 2 unspecified atom stereocenters. The van der Waals surface area contributed by atoms with Crippen molar-refractivity contribution in [3.63, 3.8) is 0 Å². The summed E-state index contributed by atoms with van der Waals surface area (Å²) in [5.74, 6) is -2.13. The van der Waals surface area contributed by atoms with Gasteiger partial charge in [0.1, 0.15) is 19.3 Å². The zero-order valence-corrected chi connectivity index (χ0v) is 57.1. The van der Waals surface area contributed by atoms with E-state index >= 15 is 0 Å². The number of carbonyl (C=O) groups excluding carboxylic acids is 4. The summed E-state index contributed by atoms with van der Waals surface area (Å²) in [5, 5.41) is 10.6. The van der Waals surface area contributed by atoms with Crippen LogP contribution >= 0.6 is 15.6 Å². The molecule has 0 aliphatic heterocycles. The minimum absolute atomic E-state index is 0.107. The summed E-state index contributed by atoms with van der Waals surface area (Å²) in [7, 11) is -9.89. The van der Waals surface area contributed by atoms with Crippen LogP contribution in [0.5, 0.6) is 0 Å². The predicted octanol–water partition coefficient (Wildman–Crippen LogP) is 19.1. The van der Waals surface area contributed by atoms with Crippen molar-refractivity contribution in [2.45, 2.75) is 367 Å². The van der Waals surface area contributed by atoms with Crippen LogP contribution in [-0.2, 0) is 65.4 Å². The van der Waals surface area contributed by atoms with Gasteiger partial charge in [-0.15, -0.1) is 0 Å². The molecule has 17 nitrogen and oxygen atoms in total. The largest absolute Gasteiger partial charge is 0.472 e. The van der Waals surface area contributed by atoms with Gasteiger partial charge in [-0.05, 0) is 25.7 Å². The van der Waals surface area contributed by atoms with Gasteiger partial charge in [-0.2, -0.15) is 0 Å². The zero-order valence-electron chi connectivity index (χ0n) is 55.3. The summed E-state index contributed by atoms with van der Waals surface area (Å²) in [6.45, 7) is 4.89. The van der Waals surface area contributed by atoms with E-state index in [1.165, 1.54) is 173 Å². The quantitative estimate of drug-likeness (QED) is 0.0222. The SMILES string of the molecule is CCCCCCCCCCCCCCCCCC(=O)O[C@H](COC(=O)CCCCCCCCCCCCCCC)COP(=O)(O)OC[C@@H](O)COP(=O)(O)OC[C@@H](COC(=O)CCCCCCCCCC)OC(=O)CCCCCCCCCCCC. The Kier molecular flexibility index (Phi) is 60.5. The second-order valence-electron chi connectivity index (χ2n) is 24.2. The van der Waals surface area contributed by atoms with Gasteiger partial charge in [0.15, 0.2) is 12.2 Å². The number of rotatable bonds is 68. The summed E-state index contributed by atoms with van der Waals surface area (Å²) < 4.78 is 68.1. The van der Waals surface area contributed by atoms with Crippen LogP contribution in [0.4, 0.5) is 0 Å². The number of carbonyl (C=O) groups is 4. The number of ether oxygens (including phenoxy) is 4. The first-order chi connectivity index (χ1) is 41.7. The van der Waals surface area contributed by atoms with E-state index in [9.17, 15) is 43.2 Å². The molecular weight excluding hydrogens is 1140 g/mol. The zero-order chi connectivity index (χ0) is 63.3. The van der Waals surface area contributed by atoms with Gasteiger partial charge in [0, 0.05) is 25.7 Å². The van der Waals surface area contributed by atoms with Crippen molar-refractivity contribution in [1.82, 2.24) is 0 Å². The Morgan fingerprint density at radius 3 is 0.686 bits per heavy atom. The van der Waals surface area contributed by atoms with Gasteiger partial charge in [-0.25, -0.2) is 9.13 Å². The third-order valence-electron chi connectivity index (χ3n) is 15.6. The molecule has 0 aromatic carbocycles. The van der Waals surface area contributed by atoms with Crippen LogP contribution in [0.15, 0.2) is 0 Å². The van der Waals surface area contributed by atoms with Gasteiger partial charge in [-0.3, -0.25) is 37.3 Å². The van der Waals surface area contributed by atoms with Crippen LogP contribution in [0.25, 0.3) is 0 Å². The fourth-order valence-electron chi connectivity index (χ4n) is 10.2. The summed E-state index contributed by atoms with van der Waals surface area (Å²) in [6.07, 6.45) is 48.5. The van der Waals surface area contributed by atoms with Gasteiger partial charge >= 0.3 is 39.5 Å². The van der Waals surface area contributed by atoms with E-state index in [4.69, 9.17) is 37.0 Å². The molecule has 0 spiro atoms. The smallest absolute Gasteiger partial charge is 0.462 e. The van der Waals surface area contributed by atoms with Crippen molar-refractivity contribution in [3.05, 3.63) is 0 Å². The lowest BCUT2D eigenvalue weighted by atomic mass is 10.0. The number of phosphoric acid groups is 2. The maximum Gasteiger partial charge on any atom is 0.472 e. The van der Waals surface area contributed by atoms with E-state index in [1.807, 2.05) is 0 Å².